The molecule has 3 aromatic rings. The molecule has 0 saturated carbocycles. The molecule has 4 rings (SSSR count). The first-order chi connectivity index (χ1) is 17.6. The summed E-state index contributed by atoms with van der Waals surface area (Å²) in [5.41, 5.74) is -2.33. The van der Waals surface area contributed by atoms with E-state index in [9.17, 15) is 26.3 Å². The summed E-state index contributed by atoms with van der Waals surface area (Å²) in [6.07, 6.45) is -0.252. The molecule has 0 spiro atoms. The molecule has 0 aliphatic carbocycles. The van der Waals surface area contributed by atoms with Gasteiger partial charge in [0, 0.05) is 38.8 Å². The highest BCUT2D eigenvalue weighted by molar-refractivity contribution is 7.99. The van der Waals surface area contributed by atoms with Crippen molar-refractivity contribution in [2.24, 2.45) is 5.92 Å². The molecule has 1 nitrogen and oxygen atoms in total. The molecule has 0 N–H and O–H groups in total. The summed E-state index contributed by atoms with van der Waals surface area (Å²) in [4.78, 5) is 0. The van der Waals surface area contributed by atoms with Gasteiger partial charge in [-0.1, -0.05) is 24.3 Å². The minimum absolute atomic E-state index is 0.00108. The van der Waals surface area contributed by atoms with Crippen molar-refractivity contribution in [3.63, 3.8) is 0 Å². The number of rotatable bonds is 6. The molecule has 3 aromatic carbocycles. The van der Waals surface area contributed by atoms with E-state index in [1.807, 2.05) is 0 Å². The van der Waals surface area contributed by atoms with Gasteiger partial charge in [-0.25, -0.2) is 22.0 Å². The molecule has 2 atom stereocenters. The molecule has 0 radical (unpaired) electrons. The minimum Gasteiger partial charge on any atom is -0.491 e. The second kappa shape index (κ2) is 11.2. The topological polar surface area (TPSA) is 9.23 Å². The van der Waals surface area contributed by atoms with Crippen molar-refractivity contribution in [1.29, 1.82) is 0 Å². The van der Waals surface area contributed by atoms with E-state index in [2.05, 4.69) is 0 Å². The van der Waals surface area contributed by atoms with Crippen LogP contribution in [0, 0.1) is 40.8 Å². The monoisotopic (exact) mass is 544 g/mol. The van der Waals surface area contributed by atoms with Crippen molar-refractivity contribution in [3.05, 3.63) is 89.0 Å². The fourth-order valence-electron chi connectivity index (χ4n) is 4.32. The Hall–Kier alpha value is -3.01. The van der Waals surface area contributed by atoms with Crippen LogP contribution in [0.1, 0.15) is 30.6 Å². The zero-order valence-corrected chi connectivity index (χ0v) is 20.2. The highest BCUT2D eigenvalue weighted by Crippen LogP contribution is 2.44. The average molecular weight is 545 g/mol. The van der Waals surface area contributed by atoms with Gasteiger partial charge in [-0.15, -0.1) is 0 Å². The van der Waals surface area contributed by atoms with Gasteiger partial charge in [0.2, 0.25) is 5.82 Å². The number of hydrogen-bond donors (Lipinski definition) is 0. The molecule has 10 heteroatoms. The van der Waals surface area contributed by atoms with Gasteiger partial charge in [0.25, 0.3) is 6.08 Å². The quantitative estimate of drug-likeness (QED) is 0.286. The molecule has 37 heavy (non-hydrogen) atoms. The molecule has 1 saturated heterocycles. The van der Waals surface area contributed by atoms with Crippen LogP contribution in [0.3, 0.4) is 0 Å². The van der Waals surface area contributed by atoms with Gasteiger partial charge in [-0.3, -0.25) is 0 Å². The van der Waals surface area contributed by atoms with Gasteiger partial charge < -0.3 is 4.74 Å². The molecule has 196 valence electrons. The summed E-state index contributed by atoms with van der Waals surface area (Å²) < 4.78 is 119. The SMILES string of the molecule is CCOc1ccc(-c2ccc(-c3ccc([C@@H]4CCC(C=C(F)F)CS4)c(F)c3F)c(F)c2F)c(F)c1F. The van der Waals surface area contributed by atoms with E-state index < -0.39 is 74.2 Å². The van der Waals surface area contributed by atoms with Gasteiger partial charge >= 0.3 is 0 Å². The van der Waals surface area contributed by atoms with E-state index in [0.29, 0.717) is 18.6 Å². The fraction of sp³-hybridized carbons (Fsp3) is 0.259. The van der Waals surface area contributed by atoms with Crippen molar-refractivity contribution in [2.45, 2.75) is 25.0 Å². The van der Waals surface area contributed by atoms with E-state index in [1.54, 1.807) is 6.92 Å². The first-order valence-electron chi connectivity index (χ1n) is 11.4. The Morgan fingerprint density at radius 3 is 1.78 bits per heavy atom. The van der Waals surface area contributed by atoms with Gasteiger partial charge in [0.1, 0.15) is 0 Å². The van der Waals surface area contributed by atoms with Crippen LogP contribution in [0.25, 0.3) is 22.3 Å². The summed E-state index contributed by atoms with van der Waals surface area (Å²) in [5, 5.41) is -0.489. The van der Waals surface area contributed by atoms with Crippen molar-refractivity contribution < 1.29 is 39.9 Å². The van der Waals surface area contributed by atoms with Gasteiger partial charge in [-0.2, -0.15) is 24.9 Å². The molecule has 1 aliphatic rings. The number of thioether (sulfide) groups is 1. The van der Waals surface area contributed by atoms with E-state index in [4.69, 9.17) is 4.74 Å². The van der Waals surface area contributed by atoms with Crippen molar-refractivity contribution in [1.82, 2.24) is 0 Å². The third kappa shape index (κ3) is 5.35. The Bertz CT molecular complexity index is 1340. The molecule has 1 unspecified atom stereocenters. The fourth-order valence-corrected chi connectivity index (χ4v) is 5.73. The lowest BCUT2D eigenvalue weighted by Crippen LogP contribution is -2.13. The van der Waals surface area contributed by atoms with Crippen LogP contribution in [-0.2, 0) is 0 Å². The maximum Gasteiger partial charge on any atom is 0.266 e. The van der Waals surface area contributed by atoms with Crippen LogP contribution < -0.4 is 4.74 Å². The first kappa shape index (κ1) is 27.0. The predicted octanol–water partition coefficient (Wildman–Crippen LogP) is 9.22. The molecule has 0 amide bonds. The van der Waals surface area contributed by atoms with Crippen LogP contribution in [0.5, 0.6) is 5.75 Å². The average Bonchev–Trinajstić information content (AvgIpc) is 2.87. The smallest absolute Gasteiger partial charge is 0.266 e. The lowest BCUT2D eigenvalue weighted by atomic mass is 9.95. The van der Waals surface area contributed by atoms with Crippen LogP contribution in [-0.4, -0.2) is 12.4 Å². The molecule has 1 fully saturated rings. The Labute approximate surface area is 212 Å². The summed E-state index contributed by atoms with van der Waals surface area (Å²) in [6, 6.07) is 6.37. The number of hydrogen-bond acceptors (Lipinski definition) is 2. The van der Waals surface area contributed by atoms with Crippen molar-refractivity contribution in [2.75, 3.05) is 12.4 Å². The maximum absolute atomic E-state index is 15.0. The second-order valence-electron chi connectivity index (χ2n) is 8.41. The standard InChI is InChI=1S/C27H20F8OS/c1-2-36-19-9-8-17(25(33)27(19)35)15-5-4-14(22(30)23(15)31)16-6-7-18(26(34)24(16)32)20-10-3-13(12-37-20)11-21(28)29/h4-9,11,13,20H,2-3,10,12H2,1H3/t13?,20-/m0/s1. The van der Waals surface area contributed by atoms with Crippen LogP contribution >= 0.6 is 11.8 Å². The molecule has 0 aromatic heterocycles. The van der Waals surface area contributed by atoms with E-state index in [-0.39, 0.29) is 18.1 Å². The highest BCUT2D eigenvalue weighted by atomic mass is 32.2. The van der Waals surface area contributed by atoms with Gasteiger partial charge in [0.15, 0.2) is 34.8 Å². The van der Waals surface area contributed by atoms with E-state index in [0.717, 1.165) is 36.4 Å². The highest BCUT2D eigenvalue weighted by Gasteiger charge is 2.28. The summed E-state index contributed by atoms with van der Waals surface area (Å²) in [6.45, 7) is 1.62. The third-order valence-corrected chi connectivity index (χ3v) is 7.65. The van der Waals surface area contributed by atoms with Gasteiger partial charge in [0.05, 0.1) is 6.61 Å². The number of halogens is 8. The summed E-state index contributed by atoms with van der Waals surface area (Å²) in [7, 11) is 0. The van der Waals surface area contributed by atoms with E-state index >= 15 is 8.78 Å². The summed E-state index contributed by atoms with van der Waals surface area (Å²) in [5.74, 6) is -9.06. The van der Waals surface area contributed by atoms with E-state index in [1.165, 1.54) is 17.8 Å². The van der Waals surface area contributed by atoms with Gasteiger partial charge in [-0.05, 0) is 43.9 Å². The zero-order chi connectivity index (χ0) is 26.9. The molecular weight excluding hydrogens is 524 g/mol. The molecular formula is C27H20F8OS. The lowest BCUT2D eigenvalue weighted by Gasteiger charge is -2.27. The second-order valence-corrected chi connectivity index (χ2v) is 9.64. The number of ether oxygens (including phenoxy) is 1. The lowest BCUT2D eigenvalue weighted by molar-refractivity contribution is 0.314. The first-order valence-corrected chi connectivity index (χ1v) is 12.4. The maximum atomic E-state index is 15.0. The van der Waals surface area contributed by atoms with Crippen LogP contribution in [0.2, 0.25) is 0 Å². The summed E-state index contributed by atoms with van der Waals surface area (Å²) >= 11 is 1.21. The van der Waals surface area contributed by atoms with Crippen molar-refractivity contribution >= 4 is 11.8 Å². The van der Waals surface area contributed by atoms with Crippen LogP contribution in [0.15, 0.2) is 48.6 Å². The Morgan fingerprint density at radius 1 is 0.757 bits per heavy atom. The number of benzene rings is 3. The molecule has 1 aliphatic heterocycles. The molecule has 0 bridgehead atoms. The Kier molecular flexibility index (Phi) is 8.16. The van der Waals surface area contributed by atoms with Crippen LogP contribution in [0.4, 0.5) is 35.1 Å². The largest absolute Gasteiger partial charge is 0.491 e. The zero-order valence-electron chi connectivity index (χ0n) is 19.4. The minimum atomic E-state index is -1.79. The molecule has 1 heterocycles. The number of allylic oxidation sites excluding steroid dienone is 1. The Morgan fingerprint density at radius 2 is 1.27 bits per heavy atom. The normalized spacial score (nSPS) is 17.5. The predicted molar refractivity (Wildman–Crippen MR) is 126 cm³/mol. The third-order valence-electron chi connectivity index (χ3n) is 6.14. The van der Waals surface area contributed by atoms with Crippen molar-refractivity contribution in [3.8, 4) is 28.0 Å². The Balaban J connectivity index is 1.65.